The summed E-state index contributed by atoms with van der Waals surface area (Å²) in [6.07, 6.45) is 3.48. The second kappa shape index (κ2) is 7.50. The van der Waals surface area contributed by atoms with E-state index in [0.29, 0.717) is 12.0 Å². The standard InChI is InChI=1S/C22H26N2O2/c25-21(24-14-11-22(12-15-24)10-13-23-17-22)19-6-8-20(9-7-19)26-16-18-4-2-1-3-5-18/h1-9,23H,10-17H2. The quantitative estimate of drug-likeness (QED) is 0.918. The molecule has 2 aromatic rings. The Morgan fingerprint density at radius 1 is 1.00 bits per heavy atom. The number of benzene rings is 2. The number of carbonyl (C=O) groups is 1. The summed E-state index contributed by atoms with van der Waals surface area (Å²) in [6.45, 7) is 4.51. The van der Waals surface area contributed by atoms with Gasteiger partial charge in [-0.05, 0) is 61.1 Å². The number of ether oxygens (including phenoxy) is 1. The van der Waals surface area contributed by atoms with Gasteiger partial charge in [0.05, 0.1) is 0 Å². The molecular formula is C22H26N2O2. The average Bonchev–Trinajstić information content (AvgIpc) is 3.16. The van der Waals surface area contributed by atoms with Gasteiger partial charge in [-0.2, -0.15) is 0 Å². The number of amides is 1. The van der Waals surface area contributed by atoms with Crippen molar-refractivity contribution in [2.24, 2.45) is 5.41 Å². The van der Waals surface area contributed by atoms with Crippen molar-refractivity contribution in [3.8, 4) is 5.75 Å². The van der Waals surface area contributed by atoms with Gasteiger partial charge in [-0.3, -0.25) is 4.79 Å². The van der Waals surface area contributed by atoms with Gasteiger partial charge in [-0.1, -0.05) is 30.3 Å². The van der Waals surface area contributed by atoms with E-state index in [1.165, 1.54) is 6.42 Å². The number of hydrogen-bond acceptors (Lipinski definition) is 3. The van der Waals surface area contributed by atoms with Crippen LogP contribution in [0, 0.1) is 5.41 Å². The van der Waals surface area contributed by atoms with Crippen LogP contribution in [-0.2, 0) is 6.61 Å². The van der Waals surface area contributed by atoms with E-state index in [0.717, 1.165) is 55.9 Å². The summed E-state index contributed by atoms with van der Waals surface area (Å²) in [6, 6.07) is 17.6. The summed E-state index contributed by atoms with van der Waals surface area (Å²) in [5, 5.41) is 3.47. The van der Waals surface area contributed by atoms with E-state index < -0.39 is 0 Å². The topological polar surface area (TPSA) is 41.6 Å². The molecule has 0 unspecified atom stereocenters. The first-order valence-electron chi connectivity index (χ1n) is 9.51. The van der Waals surface area contributed by atoms with Crippen LogP contribution in [-0.4, -0.2) is 37.0 Å². The van der Waals surface area contributed by atoms with Gasteiger partial charge in [0.15, 0.2) is 0 Å². The third kappa shape index (κ3) is 3.75. The van der Waals surface area contributed by atoms with E-state index >= 15 is 0 Å². The Morgan fingerprint density at radius 3 is 2.38 bits per heavy atom. The predicted molar refractivity (Wildman–Crippen MR) is 102 cm³/mol. The molecule has 2 aromatic carbocycles. The fraction of sp³-hybridized carbons (Fsp3) is 0.409. The van der Waals surface area contributed by atoms with Gasteiger partial charge in [0.25, 0.3) is 5.91 Å². The zero-order chi connectivity index (χ0) is 17.8. The monoisotopic (exact) mass is 350 g/mol. The molecule has 0 saturated carbocycles. The zero-order valence-electron chi connectivity index (χ0n) is 15.1. The Hall–Kier alpha value is -2.33. The second-order valence-corrected chi connectivity index (χ2v) is 7.52. The van der Waals surface area contributed by atoms with Gasteiger partial charge in [0.1, 0.15) is 12.4 Å². The summed E-state index contributed by atoms with van der Waals surface area (Å²) >= 11 is 0. The van der Waals surface area contributed by atoms with Crippen molar-refractivity contribution in [3.63, 3.8) is 0 Å². The van der Waals surface area contributed by atoms with Crippen LogP contribution in [0.25, 0.3) is 0 Å². The lowest BCUT2D eigenvalue weighted by molar-refractivity contribution is 0.0607. The van der Waals surface area contributed by atoms with Crippen molar-refractivity contribution in [2.75, 3.05) is 26.2 Å². The van der Waals surface area contributed by atoms with Crippen LogP contribution in [0.3, 0.4) is 0 Å². The van der Waals surface area contributed by atoms with Crippen molar-refractivity contribution in [1.29, 1.82) is 0 Å². The number of nitrogens with zero attached hydrogens (tertiary/aromatic N) is 1. The lowest BCUT2D eigenvalue weighted by Crippen LogP contribution is -2.44. The van der Waals surface area contributed by atoms with Crippen molar-refractivity contribution in [3.05, 3.63) is 65.7 Å². The van der Waals surface area contributed by atoms with Crippen molar-refractivity contribution in [1.82, 2.24) is 10.2 Å². The molecule has 1 N–H and O–H groups in total. The summed E-state index contributed by atoms with van der Waals surface area (Å²) in [7, 11) is 0. The molecule has 136 valence electrons. The van der Waals surface area contributed by atoms with Gasteiger partial charge in [0, 0.05) is 25.2 Å². The molecule has 0 bridgehead atoms. The van der Waals surface area contributed by atoms with Crippen molar-refractivity contribution >= 4 is 5.91 Å². The maximum atomic E-state index is 12.8. The minimum atomic E-state index is 0.139. The Balaban J connectivity index is 1.32. The molecule has 1 amide bonds. The van der Waals surface area contributed by atoms with Crippen LogP contribution < -0.4 is 10.1 Å². The molecule has 26 heavy (non-hydrogen) atoms. The molecule has 2 fully saturated rings. The molecule has 2 aliphatic rings. The molecule has 0 aromatic heterocycles. The van der Waals surface area contributed by atoms with Gasteiger partial charge >= 0.3 is 0 Å². The summed E-state index contributed by atoms with van der Waals surface area (Å²) in [4.78, 5) is 14.8. The highest BCUT2D eigenvalue weighted by Gasteiger charge is 2.38. The number of likely N-dealkylation sites (tertiary alicyclic amines) is 1. The lowest BCUT2D eigenvalue weighted by Gasteiger charge is -2.38. The van der Waals surface area contributed by atoms with Crippen molar-refractivity contribution < 1.29 is 9.53 Å². The van der Waals surface area contributed by atoms with Crippen LogP contribution >= 0.6 is 0 Å². The van der Waals surface area contributed by atoms with Crippen LogP contribution in [0.1, 0.15) is 35.2 Å². The smallest absolute Gasteiger partial charge is 0.253 e. The molecule has 0 radical (unpaired) electrons. The maximum absolute atomic E-state index is 12.8. The highest BCUT2D eigenvalue weighted by molar-refractivity contribution is 5.94. The Labute approximate surface area is 155 Å². The minimum absolute atomic E-state index is 0.139. The first kappa shape index (κ1) is 17.1. The molecule has 4 nitrogen and oxygen atoms in total. The number of piperidine rings is 1. The summed E-state index contributed by atoms with van der Waals surface area (Å²) in [5.74, 6) is 0.931. The summed E-state index contributed by atoms with van der Waals surface area (Å²) in [5.41, 5.74) is 2.32. The number of hydrogen-bond donors (Lipinski definition) is 1. The number of nitrogens with one attached hydrogen (secondary N) is 1. The summed E-state index contributed by atoms with van der Waals surface area (Å²) < 4.78 is 5.80. The van der Waals surface area contributed by atoms with E-state index in [2.05, 4.69) is 5.32 Å². The Bertz CT molecular complexity index is 726. The molecular weight excluding hydrogens is 324 g/mol. The molecule has 1 spiro atoms. The molecule has 2 aliphatic heterocycles. The normalized spacial score (nSPS) is 18.8. The highest BCUT2D eigenvalue weighted by atomic mass is 16.5. The van der Waals surface area contributed by atoms with Gasteiger partial charge in [-0.15, -0.1) is 0 Å². The highest BCUT2D eigenvalue weighted by Crippen LogP contribution is 2.37. The van der Waals surface area contributed by atoms with Crippen molar-refractivity contribution in [2.45, 2.75) is 25.9 Å². The molecule has 0 aliphatic carbocycles. The minimum Gasteiger partial charge on any atom is -0.489 e. The first-order valence-corrected chi connectivity index (χ1v) is 9.51. The first-order chi connectivity index (χ1) is 12.7. The molecule has 4 heteroatoms. The Morgan fingerprint density at radius 2 is 1.73 bits per heavy atom. The fourth-order valence-corrected chi connectivity index (χ4v) is 4.02. The van der Waals surface area contributed by atoms with Gasteiger partial charge in [-0.25, -0.2) is 0 Å². The predicted octanol–water partition coefficient (Wildman–Crippen LogP) is 3.48. The lowest BCUT2D eigenvalue weighted by atomic mass is 9.78. The molecule has 4 rings (SSSR count). The molecule has 2 saturated heterocycles. The third-order valence-corrected chi connectivity index (χ3v) is 5.79. The second-order valence-electron chi connectivity index (χ2n) is 7.52. The van der Waals surface area contributed by atoms with E-state index in [1.807, 2.05) is 59.5 Å². The largest absolute Gasteiger partial charge is 0.489 e. The fourth-order valence-electron chi connectivity index (χ4n) is 4.02. The van der Waals surface area contributed by atoms with Crippen LogP contribution in [0.2, 0.25) is 0 Å². The molecule has 2 heterocycles. The zero-order valence-corrected chi connectivity index (χ0v) is 15.1. The molecule has 0 atom stereocenters. The van der Waals surface area contributed by atoms with Gasteiger partial charge < -0.3 is 15.0 Å². The van der Waals surface area contributed by atoms with Crippen LogP contribution in [0.4, 0.5) is 0 Å². The Kier molecular flexibility index (Phi) is 4.93. The third-order valence-electron chi connectivity index (χ3n) is 5.79. The number of rotatable bonds is 4. The average molecular weight is 350 g/mol. The van der Waals surface area contributed by atoms with Crippen LogP contribution in [0.5, 0.6) is 5.75 Å². The van der Waals surface area contributed by atoms with E-state index in [1.54, 1.807) is 0 Å². The van der Waals surface area contributed by atoms with E-state index in [4.69, 9.17) is 4.74 Å². The van der Waals surface area contributed by atoms with Gasteiger partial charge in [0.2, 0.25) is 0 Å². The number of carbonyl (C=O) groups excluding carboxylic acids is 1. The van der Waals surface area contributed by atoms with Crippen LogP contribution in [0.15, 0.2) is 54.6 Å². The maximum Gasteiger partial charge on any atom is 0.253 e. The van der Waals surface area contributed by atoms with E-state index in [-0.39, 0.29) is 5.91 Å². The van der Waals surface area contributed by atoms with E-state index in [9.17, 15) is 4.79 Å². The SMILES string of the molecule is O=C(c1ccc(OCc2ccccc2)cc1)N1CCC2(CCNC2)CC1.